The van der Waals surface area contributed by atoms with Crippen LogP contribution in [0.15, 0.2) is 40.3 Å². The van der Waals surface area contributed by atoms with Gasteiger partial charge in [0.25, 0.3) is 0 Å². The van der Waals surface area contributed by atoms with Gasteiger partial charge in [0.15, 0.2) is 6.20 Å². The summed E-state index contributed by atoms with van der Waals surface area (Å²) < 4.78 is 2.96. The van der Waals surface area contributed by atoms with E-state index in [0.29, 0.717) is 6.54 Å². The summed E-state index contributed by atoms with van der Waals surface area (Å²) in [5, 5.41) is 3.13. The Morgan fingerprint density at radius 2 is 2.06 bits per heavy atom. The number of benzene rings is 1. The minimum atomic E-state index is 0.138. The van der Waals surface area contributed by atoms with Crippen molar-refractivity contribution in [2.75, 3.05) is 0 Å². The standard InChI is InChI=1S/C12H11BrNOS/c1-9-14(6-7-16-9)8-12(15)10-2-4-11(13)5-3-10/h2-7H,8H2,1H3/q+1. The van der Waals surface area contributed by atoms with Crippen molar-refractivity contribution in [3.63, 3.8) is 0 Å². The maximum atomic E-state index is 11.9. The van der Waals surface area contributed by atoms with E-state index >= 15 is 0 Å². The third-order valence-electron chi connectivity index (χ3n) is 2.36. The van der Waals surface area contributed by atoms with Crippen molar-refractivity contribution in [3.8, 4) is 0 Å². The van der Waals surface area contributed by atoms with Crippen molar-refractivity contribution in [2.45, 2.75) is 13.5 Å². The largest absolute Gasteiger partial charge is 0.287 e. The lowest BCUT2D eigenvalue weighted by atomic mass is 10.1. The summed E-state index contributed by atoms with van der Waals surface area (Å²) >= 11 is 5.00. The Bertz CT molecular complexity index is 504. The molecule has 0 unspecified atom stereocenters. The van der Waals surface area contributed by atoms with Crippen LogP contribution >= 0.6 is 27.3 Å². The molecule has 1 aromatic heterocycles. The molecule has 0 fully saturated rings. The topological polar surface area (TPSA) is 20.9 Å². The summed E-state index contributed by atoms with van der Waals surface area (Å²) in [6.45, 7) is 2.43. The molecule has 0 radical (unpaired) electrons. The summed E-state index contributed by atoms with van der Waals surface area (Å²) in [6, 6.07) is 7.46. The summed E-state index contributed by atoms with van der Waals surface area (Å²) in [7, 11) is 0. The lowest BCUT2D eigenvalue weighted by Gasteiger charge is -1.97. The molecule has 1 heterocycles. The monoisotopic (exact) mass is 296 g/mol. The van der Waals surface area contributed by atoms with E-state index in [1.165, 1.54) is 0 Å². The van der Waals surface area contributed by atoms with Gasteiger partial charge in [-0.05, 0) is 12.1 Å². The van der Waals surface area contributed by atoms with Crippen LogP contribution in [0.1, 0.15) is 15.4 Å². The molecule has 0 atom stereocenters. The fourth-order valence-electron chi connectivity index (χ4n) is 1.42. The van der Waals surface area contributed by atoms with Gasteiger partial charge in [0, 0.05) is 17.0 Å². The molecule has 1 aromatic carbocycles. The van der Waals surface area contributed by atoms with E-state index in [0.717, 1.165) is 15.0 Å². The van der Waals surface area contributed by atoms with E-state index in [4.69, 9.17) is 0 Å². The van der Waals surface area contributed by atoms with Crippen LogP contribution in [-0.4, -0.2) is 5.78 Å². The van der Waals surface area contributed by atoms with E-state index in [1.807, 2.05) is 47.3 Å². The highest BCUT2D eigenvalue weighted by Crippen LogP contribution is 2.11. The van der Waals surface area contributed by atoms with E-state index < -0.39 is 0 Å². The summed E-state index contributed by atoms with van der Waals surface area (Å²) in [5.41, 5.74) is 0.751. The molecule has 0 bridgehead atoms. The molecule has 0 N–H and O–H groups in total. The Kier molecular flexibility index (Phi) is 3.51. The molecule has 0 saturated carbocycles. The number of hydrogen-bond acceptors (Lipinski definition) is 2. The second kappa shape index (κ2) is 4.89. The third-order valence-corrected chi connectivity index (χ3v) is 3.73. The zero-order valence-electron chi connectivity index (χ0n) is 8.81. The average Bonchev–Trinajstić information content (AvgIpc) is 2.65. The van der Waals surface area contributed by atoms with Gasteiger partial charge in [-0.2, -0.15) is 4.57 Å². The van der Waals surface area contributed by atoms with Crippen LogP contribution in [0.4, 0.5) is 0 Å². The number of carbonyl (C=O) groups excluding carboxylic acids is 1. The molecule has 0 aliphatic rings. The normalized spacial score (nSPS) is 10.4. The van der Waals surface area contributed by atoms with Crippen molar-refractivity contribution in [1.82, 2.24) is 0 Å². The van der Waals surface area contributed by atoms with E-state index in [9.17, 15) is 4.79 Å². The highest BCUT2D eigenvalue weighted by Gasteiger charge is 2.14. The minimum absolute atomic E-state index is 0.138. The van der Waals surface area contributed by atoms with Crippen LogP contribution in [0, 0.1) is 6.92 Å². The Labute approximate surface area is 107 Å². The molecule has 2 nitrogen and oxygen atoms in total. The molecule has 82 valence electrons. The predicted octanol–water partition coefficient (Wildman–Crippen LogP) is 2.99. The fourth-order valence-corrected chi connectivity index (χ4v) is 2.35. The second-order valence-electron chi connectivity index (χ2n) is 3.48. The second-order valence-corrected chi connectivity index (χ2v) is 5.49. The molecule has 16 heavy (non-hydrogen) atoms. The molecule has 0 saturated heterocycles. The Morgan fingerprint density at radius 3 is 2.62 bits per heavy atom. The van der Waals surface area contributed by atoms with Gasteiger partial charge in [0.05, 0.1) is 5.38 Å². The number of carbonyl (C=O) groups is 1. The molecular formula is C12H11BrNOS+. The van der Waals surface area contributed by atoms with Crippen molar-refractivity contribution in [2.24, 2.45) is 0 Å². The van der Waals surface area contributed by atoms with Gasteiger partial charge in [0.2, 0.25) is 17.3 Å². The molecule has 0 aliphatic heterocycles. The highest BCUT2D eigenvalue weighted by atomic mass is 79.9. The first-order valence-corrected chi connectivity index (χ1v) is 6.56. The van der Waals surface area contributed by atoms with E-state index in [1.54, 1.807) is 11.3 Å². The number of aromatic nitrogens is 1. The Balaban J connectivity index is 2.15. The number of Topliss-reactive ketones (excluding diaryl/α,β-unsaturated/α-hetero) is 1. The minimum Gasteiger partial charge on any atom is -0.287 e. The number of ketones is 1. The molecular weight excluding hydrogens is 286 g/mol. The SMILES string of the molecule is Cc1scc[n+]1CC(=O)c1ccc(Br)cc1. The molecule has 2 rings (SSSR count). The quantitative estimate of drug-likeness (QED) is 0.630. The summed E-state index contributed by atoms with van der Waals surface area (Å²) in [6.07, 6.45) is 1.94. The Hall–Kier alpha value is -1.000. The number of halogens is 1. The first-order valence-electron chi connectivity index (χ1n) is 4.89. The van der Waals surface area contributed by atoms with Gasteiger partial charge in [-0.3, -0.25) is 4.79 Å². The zero-order valence-corrected chi connectivity index (χ0v) is 11.2. The number of nitrogens with zero attached hydrogens (tertiary/aromatic N) is 1. The van der Waals surface area contributed by atoms with Crippen molar-refractivity contribution < 1.29 is 9.36 Å². The van der Waals surface area contributed by atoms with Gasteiger partial charge in [0.1, 0.15) is 0 Å². The summed E-state index contributed by atoms with van der Waals surface area (Å²) in [4.78, 5) is 11.9. The van der Waals surface area contributed by atoms with Gasteiger partial charge < -0.3 is 0 Å². The summed E-state index contributed by atoms with van der Waals surface area (Å²) in [5.74, 6) is 0.138. The van der Waals surface area contributed by atoms with Gasteiger partial charge in [-0.15, -0.1) is 0 Å². The first kappa shape index (κ1) is 11.5. The van der Waals surface area contributed by atoms with Crippen LogP contribution in [0.25, 0.3) is 0 Å². The maximum Gasteiger partial charge on any atom is 0.234 e. The number of aryl methyl sites for hydroxylation is 1. The number of thiazole rings is 1. The number of hydrogen-bond donors (Lipinski definition) is 0. The van der Waals surface area contributed by atoms with Gasteiger partial charge >= 0.3 is 0 Å². The van der Waals surface area contributed by atoms with Crippen LogP contribution in [0.5, 0.6) is 0 Å². The Morgan fingerprint density at radius 1 is 1.38 bits per heavy atom. The van der Waals surface area contributed by atoms with Crippen LogP contribution in [-0.2, 0) is 6.54 Å². The van der Waals surface area contributed by atoms with Crippen LogP contribution in [0.3, 0.4) is 0 Å². The maximum absolute atomic E-state index is 11.9. The van der Waals surface area contributed by atoms with Gasteiger partial charge in [-0.25, -0.2) is 0 Å². The molecule has 0 amide bonds. The molecule has 2 aromatic rings. The van der Waals surface area contributed by atoms with Crippen LogP contribution < -0.4 is 4.57 Å². The van der Waals surface area contributed by atoms with E-state index in [2.05, 4.69) is 15.9 Å². The van der Waals surface area contributed by atoms with Crippen LogP contribution in [0.2, 0.25) is 0 Å². The smallest absolute Gasteiger partial charge is 0.234 e. The predicted molar refractivity (Wildman–Crippen MR) is 67.7 cm³/mol. The van der Waals surface area contributed by atoms with E-state index in [-0.39, 0.29) is 5.78 Å². The molecule has 0 aliphatic carbocycles. The lowest BCUT2D eigenvalue weighted by Crippen LogP contribution is -2.38. The third kappa shape index (κ3) is 2.57. The van der Waals surface area contributed by atoms with Gasteiger partial charge in [-0.1, -0.05) is 39.4 Å². The zero-order chi connectivity index (χ0) is 11.5. The first-order chi connectivity index (χ1) is 7.66. The fraction of sp³-hybridized carbons (Fsp3) is 0.167. The van der Waals surface area contributed by atoms with Crippen molar-refractivity contribution in [1.29, 1.82) is 0 Å². The lowest BCUT2D eigenvalue weighted by molar-refractivity contribution is -0.684. The number of rotatable bonds is 3. The molecule has 0 spiro atoms. The van der Waals surface area contributed by atoms with Crippen molar-refractivity contribution >= 4 is 33.0 Å². The molecule has 4 heteroatoms. The highest BCUT2D eigenvalue weighted by molar-refractivity contribution is 9.10. The van der Waals surface area contributed by atoms with Crippen molar-refractivity contribution in [3.05, 3.63) is 50.9 Å². The average molecular weight is 297 g/mol.